The normalized spacial score (nSPS) is 11.4. The Morgan fingerprint density at radius 1 is 0.800 bits per heavy atom. The topological polar surface area (TPSA) is 74.3 Å². The molecular formula is C21H28ClNO6S. The minimum atomic E-state index is -3.59. The second-order valence-electron chi connectivity index (χ2n) is 6.48. The fraction of sp³-hybridized carbons (Fsp3) is 0.429. The summed E-state index contributed by atoms with van der Waals surface area (Å²) in [5.41, 5.74) is 1.44. The lowest BCUT2D eigenvalue weighted by Gasteiger charge is -2.24. The minimum absolute atomic E-state index is 0.0482. The van der Waals surface area contributed by atoms with Crippen LogP contribution >= 0.6 is 11.6 Å². The van der Waals surface area contributed by atoms with Crippen LogP contribution in [0.25, 0.3) is 0 Å². The Bertz CT molecular complexity index is 878. The van der Waals surface area contributed by atoms with Gasteiger partial charge in [-0.2, -0.15) is 4.31 Å². The first-order valence-corrected chi connectivity index (χ1v) is 11.5. The van der Waals surface area contributed by atoms with Gasteiger partial charge in [0.15, 0.2) is 0 Å². The zero-order chi connectivity index (χ0) is 22.1. The van der Waals surface area contributed by atoms with Gasteiger partial charge in [0.05, 0.1) is 34.2 Å². The Hall–Kier alpha value is -2.16. The van der Waals surface area contributed by atoms with Crippen molar-refractivity contribution in [1.29, 1.82) is 0 Å². The predicted molar refractivity (Wildman–Crippen MR) is 117 cm³/mol. The predicted octanol–water partition coefficient (Wildman–Crippen LogP) is 3.68. The number of hydrogen-bond acceptors (Lipinski definition) is 6. The fourth-order valence-corrected chi connectivity index (χ4v) is 4.69. The van der Waals surface area contributed by atoms with Crippen LogP contribution in [0, 0.1) is 0 Å². The average Bonchev–Trinajstić information content (AvgIpc) is 2.77. The van der Waals surface area contributed by atoms with E-state index in [1.54, 1.807) is 50.6 Å². The lowest BCUT2D eigenvalue weighted by Crippen LogP contribution is -2.32. The maximum absolute atomic E-state index is 13.1. The quantitative estimate of drug-likeness (QED) is 0.452. The first-order valence-electron chi connectivity index (χ1n) is 9.34. The molecule has 0 saturated heterocycles. The molecule has 2 aromatic rings. The number of ether oxygens (including phenoxy) is 4. The van der Waals surface area contributed by atoms with Crippen molar-refractivity contribution in [2.75, 3.05) is 40.1 Å². The molecule has 0 N–H and O–H groups in total. The number of halogens is 1. The van der Waals surface area contributed by atoms with E-state index in [2.05, 4.69) is 0 Å². The highest BCUT2D eigenvalue weighted by Crippen LogP contribution is 2.30. The van der Waals surface area contributed by atoms with Crippen molar-refractivity contribution in [2.24, 2.45) is 0 Å². The van der Waals surface area contributed by atoms with Gasteiger partial charge in [0.2, 0.25) is 10.0 Å². The van der Waals surface area contributed by atoms with Crippen molar-refractivity contribution in [2.45, 2.75) is 19.5 Å². The zero-order valence-electron chi connectivity index (χ0n) is 17.7. The first-order chi connectivity index (χ1) is 14.4. The fourth-order valence-electron chi connectivity index (χ4n) is 2.96. The highest BCUT2D eigenvalue weighted by atomic mass is 35.5. The highest BCUT2D eigenvalue weighted by Gasteiger charge is 2.25. The molecule has 0 saturated carbocycles. The summed E-state index contributed by atoms with van der Waals surface area (Å²) < 4.78 is 48.9. The molecule has 0 radical (unpaired) electrons. The van der Waals surface area contributed by atoms with Gasteiger partial charge < -0.3 is 18.9 Å². The first kappa shape index (κ1) is 24.1. The molecule has 7 nitrogen and oxygen atoms in total. The van der Waals surface area contributed by atoms with E-state index in [4.69, 9.17) is 30.5 Å². The number of benzene rings is 2. The summed E-state index contributed by atoms with van der Waals surface area (Å²) in [4.78, 5) is 0. The molecule has 0 aromatic heterocycles. The van der Waals surface area contributed by atoms with Crippen molar-refractivity contribution >= 4 is 21.6 Å². The Morgan fingerprint density at radius 2 is 1.27 bits per heavy atom. The molecular weight excluding hydrogens is 430 g/mol. The number of alkyl halides is 1. The summed E-state index contributed by atoms with van der Waals surface area (Å²) in [5.74, 6) is 2.58. The molecule has 0 spiro atoms. The summed E-state index contributed by atoms with van der Waals surface area (Å²) >= 11 is 5.74. The van der Waals surface area contributed by atoms with E-state index in [9.17, 15) is 8.42 Å². The Kier molecular flexibility index (Phi) is 9.08. The standard InChI is InChI=1S/C21H28ClNO6S/c1-26-18-8-6-16(20(12-18)28-3)14-23(30(24,25)11-5-10-22)15-17-7-9-19(27-2)13-21(17)29-4/h6-9,12-13H,5,10-11,14-15H2,1-4H3. The highest BCUT2D eigenvalue weighted by molar-refractivity contribution is 7.89. The van der Waals surface area contributed by atoms with Crippen molar-refractivity contribution in [3.8, 4) is 23.0 Å². The lowest BCUT2D eigenvalue weighted by atomic mass is 10.1. The summed E-state index contributed by atoms with van der Waals surface area (Å²) in [7, 11) is 2.62. The number of rotatable bonds is 12. The van der Waals surface area contributed by atoms with E-state index in [0.717, 1.165) is 11.1 Å². The minimum Gasteiger partial charge on any atom is -0.497 e. The molecule has 9 heteroatoms. The van der Waals surface area contributed by atoms with E-state index in [0.29, 0.717) is 29.4 Å². The lowest BCUT2D eigenvalue weighted by molar-refractivity contribution is 0.358. The van der Waals surface area contributed by atoms with E-state index >= 15 is 0 Å². The molecule has 0 aliphatic heterocycles. The third kappa shape index (κ3) is 6.17. The number of nitrogens with zero attached hydrogens (tertiary/aromatic N) is 1. The zero-order valence-corrected chi connectivity index (χ0v) is 19.3. The molecule has 30 heavy (non-hydrogen) atoms. The van der Waals surface area contributed by atoms with Crippen LogP contribution < -0.4 is 18.9 Å². The summed E-state index contributed by atoms with van der Waals surface area (Å²) in [6, 6.07) is 10.6. The second-order valence-corrected chi connectivity index (χ2v) is 8.95. The third-order valence-corrected chi connectivity index (χ3v) is 6.73. The van der Waals surface area contributed by atoms with Crippen molar-refractivity contribution in [3.63, 3.8) is 0 Å². The van der Waals surface area contributed by atoms with Crippen LogP contribution in [0.4, 0.5) is 0 Å². The van der Waals surface area contributed by atoms with Crippen LogP contribution in [0.15, 0.2) is 36.4 Å². The number of hydrogen-bond donors (Lipinski definition) is 0. The van der Waals surface area contributed by atoms with Crippen LogP contribution in [0.5, 0.6) is 23.0 Å². The van der Waals surface area contributed by atoms with E-state index in [1.165, 1.54) is 18.5 Å². The van der Waals surface area contributed by atoms with E-state index in [-0.39, 0.29) is 24.7 Å². The molecule has 0 fully saturated rings. The molecule has 0 heterocycles. The molecule has 0 amide bonds. The monoisotopic (exact) mass is 457 g/mol. The van der Waals surface area contributed by atoms with Gasteiger partial charge in [-0.1, -0.05) is 12.1 Å². The summed E-state index contributed by atoms with van der Waals surface area (Å²) in [6.45, 7) is 0.264. The summed E-state index contributed by atoms with van der Waals surface area (Å²) in [6.07, 6.45) is 0.361. The van der Waals surface area contributed by atoms with Crippen molar-refractivity contribution < 1.29 is 27.4 Å². The largest absolute Gasteiger partial charge is 0.497 e. The second kappa shape index (κ2) is 11.3. The molecule has 2 aromatic carbocycles. The van der Waals surface area contributed by atoms with Gasteiger partial charge in [0, 0.05) is 42.2 Å². The molecule has 0 aliphatic rings. The smallest absolute Gasteiger partial charge is 0.214 e. The van der Waals surface area contributed by atoms with Gasteiger partial charge in [-0.05, 0) is 18.6 Å². The van der Waals surface area contributed by atoms with Crippen LogP contribution in [0.3, 0.4) is 0 Å². The number of sulfonamides is 1. The Morgan fingerprint density at radius 3 is 1.63 bits per heavy atom. The van der Waals surface area contributed by atoms with Crippen LogP contribution in [-0.2, 0) is 23.1 Å². The van der Waals surface area contributed by atoms with Gasteiger partial charge in [-0.25, -0.2) is 8.42 Å². The Labute approximate surface area is 183 Å². The Balaban J connectivity index is 2.42. The number of methoxy groups -OCH3 is 4. The van der Waals surface area contributed by atoms with E-state index < -0.39 is 10.0 Å². The van der Waals surface area contributed by atoms with Gasteiger partial charge in [0.25, 0.3) is 0 Å². The van der Waals surface area contributed by atoms with Crippen LogP contribution in [0.1, 0.15) is 17.5 Å². The molecule has 2 rings (SSSR count). The van der Waals surface area contributed by atoms with Crippen LogP contribution in [0.2, 0.25) is 0 Å². The van der Waals surface area contributed by atoms with Gasteiger partial charge in [-0.15, -0.1) is 11.6 Å². The third-order valence-electron chi connectivity index (χ3n) is 4.61. The maximum atomic E-state index is 13.1. The maximum Gasteiger partial charge on any atom is 0.214 e. The van der Waals surface area contributed by atoms with Gasteiger partial charge >= 0.3 is 0 Å². The van der Waals surface area contributed by atoms with Gasteiger partial charge in [0.1, 0.15) is 23.0 Å². The summed E-state index contributed by atoms with van der Waals surface area (Å²) in [5, 5.41) is 0. The van der Waals surface area contributed by atoms with Crippen LogP contribution in [-0.4, -0.2) is 52.8 Å². The average molecular weight is 458 g/mol. The van der Waals surface area contributed by atoms with Crippen molar-refractivity contribution in [3.05, 3.63) is 47.5 Å². The van der Waals surface area contributed by atoms with Crippen molar-refractivity contribution in [1.82, 2.24) is 4.31 Å². The molecule has 166 valence electrons. The SMILES string of the molecule is COc1ccc(CN(Cc2ccc(OC)cc2OC)S(=O)(=O)CCCCl)c(OC)c1. The molecule has 0 bridgehead atoms. The molecule has 0 unspecified atom stereocenters. The molecule has 0 aliphatic carbocycles. The van der Waals surface area contributed by atoms with Gasteiger partial charge in [-0.3, -0.25) is 0 Å². The molecule has 0 atom stereocenters. The van der Waals surface area contributed by atoms with E-state index in [1.807, 2.05) is 0 Å².